The third-order valence-electron chi connectivity index (χ3n) is 2.32. The third-order valence-corrected chi connectivity index (χ3v) is 2.98. The van der Waals surface area contributed by atoms with Crippen molar-refractivity contribution in [1.29, 1.82) is 0 Å². The average Bonchev–Trinajstić information content (AvgIpc) is 2.51. The van der Waals surface area contributed by atoms with Crippen molar-refractivity contribution >= 4 is 21.7 Å². The first-order chi connectivity index (χ1) is 7.72. The molecule has 16 heavy (non-hydrogen) atoms. The maximum atomic E-state index is 11.6. The molecular weight excluding hydrogens is 274 g/mol. The molecule has 0 radical (unpaired) electrons. The monoisotopic (exact) mass is 285 g/mol. The molecular formula is C11H12BrNO3. The standard InChI is InChI=1S/C11H12BrNO3/c12-8-5-11-10(15-2-1-3-16-11)4-7(8)9(14)6-13/h4-5H,1-3,6,13H2. The van der Waals surface area contributed by atoms with Crippen molar-refractivity contribution in [3.63, 3.8) is 0 Å². The average molecular weight is 286 g/mol. The molecule has 2 N–H and O–H groups in total. The number of nitrogens with two attached hydrogens (primary N) is 1. The largest absolute Gasteiger partial charge is 0.490 e. The Hall–Kier alpha value is -1.07. The maximum absolute atomic E-state index is 11.6. The number of carbonyl (C=O) groups excluding carboxylic acids is 1. The molecule has 0 aliphatic carbocycles. The third kappa shape index (κ3) is 2.20. The van der Waals surface area contributed by atoms with Crippen LogP contribution in [0.4, 0.5) is 0 Å². The van der Waals surface area contributed by atoms with E-state index in [0.717, 1.165) is 6.42 Å². The molecule has 1 aliphatic rings. The van der Waals surface area contributed by atoms with E-state index in [9.17, 15) is 4.79 Å². The van der Waals surface area contributed by atoms with Gasteiger partial charge in [-0.1, -0.05) is 0 Å². The van der Waals surface area contributed by atoms with E-state index in [2.05, 4.69) is 15.9 Å². The fraction of sp³-hybridized carbons (Fsp3) is 0.364. The lowest BCUT2D eigenvalue weighted by atomic mass is 10.1. The highest BCUT2D eigenvalue weighted by Crippen LogP contribution is 2.35. The fourth-order valence-electron chi connectivity index (χ4n) is 1.51. The molecule has 2 rings (SSSR count). The van der Waals surface area contributed by atoms with Gasteiger partial charge in [0.05, 0.1) is 19.8 Å². The highest BCUT2D eigenvalue weighted by Gasteiger charge is 2.16. The molecule has 1 aromatic carbocycles. The van der Waals surface area contributed by atoms with E-state index >= 15 is 0 Å². The Morgan fingerprint density at radius 3 is 2.56 bits per heavy atom. The molecule has 1 heterocycles. The number of ketones is 1. The Morgan fingerprint density at radius 2 is 1.94 bits per heavy atom. The number of fused-ring (bicyclic) bond motifs is 1. The van der Waals surface area contributed by atoms with Gasteiger partial charge in [-0.3, -0.25) is 4.79 Å². The minimum absolute atomic E-state index is 0.0156. The van der Waals surface area contributed by atoms with Gasteiger partial charge in [-0.05, 0) is 28.1 Å². The van der Waals surface area contributed by atoms with Crippen LogP contribution in [0.1, 0.15) is 16.8 Å². The van der Waals surface area contributed by atoms with Gasteiger partial charge in [0.2, 0.25) is 0 Å². The SMILES string of the molecule is NCC(=O)c1cc2c(cc1Br)OCCCO2. The van der Waals surface area contributed by atoms with Gasteiger partial charge in [-0.25, -0.2) is 0 Å². The summed E-state index contributed by atoms with van der Waals surface area (Å²) in [6, 6.07) is 3.43. The second kappa shape index (κ2) is 4.84. The molecule has 1 aliphatic heterocycles. The molecule has 5 heteroatoms. The molecule has 86 valence electrons. The maximum Gasteiger partial charge on any atom is 0.177 e. The van der Waals surface area contributed by atoms with Crippen LogP contribution in [0.2, 0.25) is 0 Å². The van der Waals surface area contributed by atoms with Gasteiger partial charge in [0, 0.05) is 16.5 Å². The van der Waals surface area contributed by atoms with Gasteiger partial charge in [0.1, 0.15) is 0 Å². The Bertz CT molecular complexity index is 420. The summed E-state index contributed by atoms with van der Waals surface area (Å²) in [5.41, 5.74) is 5.87. The van der Waals surface area contributed by atoms with Crippen LogP contribution < -0.4 is 15.2 Å². The number of ether oxygens (including phenoxy) is 2. The zero-order valence-electron chi connectivity index (χ0n) is 8.66. The van der Waals surface area contributed by atoms with Crippen LogP contribution in [0, 0.1) is 0 Å². The zero-order chi connectivity index (χ0) is 11.5. The van der Waals surface area contributed by atoms with Gasteiger partial charge in [0.15, 0.2) is 17.3 Å². The van der Waals surface area contributed by atoms with Gasteiger partial charge in [-0.2, -0.15) is 0 Å². The van der Waals surface area contributed by atoms with E-state index in [1.165, 1.54) is 0 Å². The molecule has 0 unspecified atom stereocenters. The minimum atomic E-state index is -0.123. The van der Waals surface area contributed by atoms with Crippen molar-refractivity contribution < 1.29 is 14.3 Å². The van der Waals surface area contributed by atoms with Crippen LogP contribution in [0.5, 0.6) is 11.5 Å². The van der Waals surface area contributed by atoms with Crippen molar-refractivity contribution in [1.82, 2.24) is 0 Å². The number of halogens is 1. The number of hydrogen-bond donors (Lipinski definition) is 1. The lowest BCUT2D eigenvalue weighted by molar-refractivity contribution is 0.1000. The van der Waals surface area contributed by atoms with E-state index in [0.29, 0.717) is 34.7 Å². The van der Waals surface area contributed by atoms with Gasteiger partial charge >= 0.3 is 0 Å². The number of Topliss-reactive ketones (excluding diaryl/α,β-unsaturated/α-hetero) is 1. The predicted molar refractivity (Wildman–Crippen MR) is 63.1 cm³/mol. The first-order valence-corrected chi connectivity index (χ1v) is 5.84. The molecule has 0 bridgehead atoms. The Kier molecular flexibility index (Phi) is 3.46. The van der Waals surface area contributed by atoms with E-state index in [1.54, 1.807) is 12.1 Å². The molecule has 0 spiro atoms. The highest BCUT2D eigenvalue weighted by atomic mass is 79.9. The first-order valence-electron chi connectivity index (χ1n) is 5.05. The second-order valence-corrected chi connectivity index (χ2v) is 4.31. The molecule has 0 saturated heterocycles. The van der Waals surface area contributed by atoms with Crippen molar-refractivity contribution in [3.05, 3.63) is 22.2 Å². The normalized spacial score (nSPS) is 14.4. The zero-order valence-corrected chi connectivity index (χ0v) is 10.2. The predicted octanol–water partition coefficient (Wildman–Crippen LogP) is 1.75. The molecule has 0 saturated carbocycles. The summed E-state index contributed by atoms with van der Waals surface area (Å²) in [6.45, 7) is 1.22. The Labute approximate surface area is 102 Å². The van der Waals surface area contributed by atoms with E-state index < -0.39 is 0 Å². The quantitative estimate of drug-likeness (QED) is 0.841. The summed E-state index contributed by atoms with van der Waals surface area (Å²) in [4.78, 5) is 11.6. The lowest BCUT2D eigenvalue weighted by Crippen LogP contribution is -2.14. The van der Waals surface area contributed by atoms with Gasteiger partial charge in [0.25, 0.3) is 0 Å². The van der Waals surface area contributed by atoms with Gasteiger partial charge < -0.3 is 15.2 Å². The Morgan fingerprint density at radius 1 is 1.31 bits per heavy atom. The number of carbonyl (C=O) groups is 1. The summed E-state index contributed by atoms with van der Waals surface area (Å²) in [5, 5.41) is 0. The highest BCUT2D eigenvalue weighted by molar-refractivity contribution is 9.10. The van der Waals surface area contributed by atoms with Crippen molar-refractivity contribution in [3.8, 4) is 11.5 Å². The molecule has 1 aromatic rings. The molecule has 0 atom stereocenters. The fourth-order valence-corrected chi connectivity index (χ4v) is 2.05. The van der Waals surface area contributed by atoms with Gasteiger partial charge in [-0.15, -0.1) is 0 Å². The summed E-state index contributed by atoms with van der Waals surface area (Å²) >= 11 is 3.33. The van der Waals surface area contributed by atoms with E-state index in [4.69, 9.17) is 15.2 Å². The van der Waals surface area contributed by atoms with Crippen LogP contribution >= 0.6 is 15.9 Å². The topological polar surface area (TPSA) is 61.6 Å². The van der Waals surface area contributed by atoms with Crippen molar-refractivity contribution in [2.75, 3.05) is 19.8 Å². The summed E-state index contributed by atoms with van der Waals surface area (Å²) < 4.78 is 11.7. The number of hydrogen-bond acceptors (Lipinski definition) is 4. The molecule has 4 nitrogen and oxygen atoms in total. The van der Waals surface area contributed by atoms with E-state index in [-0.39, 0.29) is 12.3 Å². The molecule has 0 aromatic heterocycles. The first kappa shape index (κ1) is 11.4. The van der Waals surface area contributed by atoms with Crippen LogP contribution in [0.25, 0.3) is 0 Å². The number of rotatable bonds is 2. The second-order valence-electron chi connectivity index (χ2n) is 3.46. The summed E-state index contributed by atoms with van der Waals surface area (Å²) in [6.07, 6.45) is 0.840. The molecule has 0 fully saturated rings. The van der Waals surface area contributed by atoms with Crippen molar-refractivity contribution in [2.24, 2.45) is 5.73 Å². The van der Waals surface area contributed by atoms with Crippen LogP contribution in [0.15, 0.2) is 16.6 Å². The molecule has 0 amide bonds. The smallest absolute Gasteiger partial charge is 0.177 e. The van der Waals surface area contributed by atoms with Crippen molar-refractivity contribution in [2.45, 2.75) is 6.42 Å². The summed E-state index contributed by atoms with van der Waals surface area (Å²) in [5.74, 6) is 1.15. The van der Waals surface area contributed by atoms with Crippen LogP contribution in [-0.2, 0) is 0 Å². The minimum Gasteiger partial charge on any atom is -0.490 e. The lowest BCUT2D eigenvalue weighted by Gasteiger charge is -2.10. The van der Waals surface area contributed by atoms with Crippen LogP contribution in [0.3, 0.4) is 0 Å². The summed E-state index contributed by atoms with van der Waals surface area (Å²) in [7, 11) is 0. The van der Waals surface area contributed by atoms with Crippen LogP contribution in [-0.4, -0.2) is 25.5 Å². The Balaban J connectivity index is 2.42. The number of benzene rings is 1. The van der Waals surface area contributed by atoms with E-state index in [1.807, 2.05) is 0 Å².